The lowest BCUT2D eigenvalue weighted by atomic mass is 10.1. The second-order valence-corrected chi connectivity index (χ2v) is 6.78. The molecular weight excluding hydrogens is 376 g/mol. The number of anilines is 1. The van der Waals surface area contributed by atoms with Gasteiger partial charge in [0.2, 0.25) is 0 Å². The maximum Gasteiger partial charge on any atom is 0.164 e. The standard InChI is InChI=1S/C19H18N6O4/c20-17-11-3-6-25(18(11)24-9-23-17)19-16(27)15(26)14(29-19)8-28-10-1-2-12-13(7-10)22-5-4-21-12/h1-7,9,14-16,19,26-27H,8H2,(H2,20,23,24)/t14-,15-,16-,19-/m1/s1. The van der Waals surface area contributed by atoms with Gasteiger partial charge in [0, 0.05) is 24.7 Å². The molecule has 1 saturated heterocycles. The van der Waals surface area contributed by atoms with Gasteiger partial charge in [-0.15, -0.1) is 0 Å². The van der Waals surface area contributed by atoms with Gasteiger partial charge in [0.05, 0.1) is 16.4 Å². The Hall–Kier alpha value is -3.34. The average Bonchev–Trinajstić information content (AvgIpc) is 3.29. The summed E-state index contributed by atoms with van der Waals surface area (Å²) in [6.45, 7) is 0.0524. The van der Waals surface area contributed by atoms with Crippen molar-refractivity contribution in [1.29, 1.82) is 0 Å². The minimum Gasteiger partial charge on any atom is -0.491 e. The number of nitrogen functional groups attached to an aromatic ring is 1. The van der Waals surface area contributed by atoms with Gasteiger partial charge >= 0.3 is 0 Å². The number of aromatic nitrogens is 5. The quantitative estimate of drug-likeness (QED) is 0.455. The van der Waals surface area contributed by atoms with E-state index in [0.29, 0.717) is 28.1 Å². The van der Waals surface area contributed by atoms with Crippen molar-refractivity contribution in [2.45, 2.75) is 24.5 Å². The molecule has 148 valence electrons. The Morgan fingerprint density at radius 2 is 1.86 bits per heavy atom. The van der Waals surface area contributed by atoms with E-state index in [4.69, 9.17) is 15.2 Å². The SMILES string of the molecule is Nc1ncnc2c1ccn2[C@@H]1O[C@H](COc2ccc3nccnc3c2)[C@@H](O)[C@H]1O. The number of benzene rings is 1. The number of nitrogens with zero attached hydrogens (tertiary/aromatic N) is 5. The zero-order valence-electron chi connectivity index (χ0n) is 15.2. The maximum atomic E-state index is 10.5. The second kappa shape index (κ2) is 6.92. The van der Waals surface area contributed by atoms with Crippen LogP contribution in [0.1, 0.15) is 6.23 Å². The normalized spacial score (nSPS) is 24.3. The molecule has 4 aromatic rings. The van der Waals surface area contributed by atoms with Crippen LogP contribution in [0, 0.1) is 0 Å². The fraction of sp³-hybridized carbons (Fsp3) is 0.263. The zero-order valence-corrected chi connectivity index (χ0v) is 15.2. The van der Waals surface area contributed by atoms with E-state index in [9.17, 15) is 10.2 Å². The highest BCUT2D eigenvalue weighted by Crippen LogP contribution is 2.33. The summed E-state index contributed by atoms with van der Waals surface area (Å²) in [5, 5.41) is 21.6. The Morgan fingerprint density at radius 1 is 1.03 bits per heavy atom. The summed E-state index contributed by atoms with van der Waals surface area (Å²) in [4.78, 5) is 16.6. The number of ether oxygens (including phenoxy) is 2. The Kier molecular flexibility index (Phi) is 4.23. The molecule has 0 bridgehead atoms. The van der Waals surface area contributed by atoms with E-state index < -0.39 is 24.5 Å². The highest BCUT2D eigenvalue weighted by atomic mass is 16.6. The second-order valence-electron chi connectivity index (χ2n) is 6.78. The summed E-state index contributed by atoms with van der Waals surface area (Å²) < 4.78 is 13.3. The van der Waals surface area contributed by atoms with Gasteiger partial charge in [-0.25, -0.2) is 9.97 Å². The lowest BCUT2D eigenvalue weighted by Crippen LogP contribution is -2.34. The molecule has 1 aliphatic heterocycles. The molecule has 10 nitrogen and oxygen atoms in total. The summed E-state index contributed by atoms with van der Waals surface area (Å²) in [5.41, 5.74) is 7.84. The third kappa shape index (κ3) is 3.03. The molecule has 0 amide bonds. The topological polar surface area (TPSA) is 141 Å². The number of nitrogens with two attached hydrogens (primary N) is 1. The number of rotatable bonds is 4. The largest absolute Gasteiger partial charge is 0.491 e. The first-order valence-corrected chi connectivity index (χ1v) is 9.04. The van der Waals surface area contributed by atoms with Crippen LogP contribution in [-0.4, -0.2) is 59.6 Å². The van der Waals surface area contributed by atoms with Gasteiger partial charge in [0.15, 0.2) is 6.23 Å². The van der Waals surface area contributed by atoms with Crippen LogP contribution >= 0.6 is 0 Å². The van der Waals surface area contributed by atoms with Gasteiger partial charge in [0.25, 0.3) is 0 Å². The van der Waals surface area contributed by atoms with E-state index in [1.807, 2.05) is 0 Å². The Balaban J connectivity index is 1.34. The zero-order chi connectivity index (χ0) is 20.0. The number of hydrogen-bond donors (Lipinski definition) is 3. The van der Waals surface area contributed by atoms with Crippen LogP contribution < -0.4 is 10.5 Å². The molecule has 1 fully saturated rings. The van der Waals surface area contributed by atoms with Crippen molar-refractivity contribution in [3.05, 3.63) is 49.2 Å². The van der Waals surface area contributed by atoms with Gasteiger partial charge < -0.3 is 30.0 Å². The third-order valence-electron chi connectivity index (χ3n) is 5.01. The van der Waals surface area contributed by atoms with Crippen LogP contribution in [-0.2, 0) is 4.74 Å². The van der Waals surface area contributed by atoms with Gasteiger partial charge in [-0.3, -0.25) is 9.97 Å². The third-order valence-corrected chi connectivity index (χ3v) is 5.01. The molecule has 1 aliphatic rings. The van der Waals surface area contributed by atoms with Gasteiger partial charge in [-0.2, -0.15) is 0 Å². The maximum absolute atomic E-state index is 10.5. The van der Waals surface area contributed by atoms with Crippen molar-refractivity contribution in [3.8, 4) is 5.75 Å². The van der Waals surface area contributed by atoms with Crippen molar-refractivity contribution < 1.29 is 19.7 Å². The van der Waals surface area contributed by atoms with E-state index in [-0.39, 0.29) is 6.61 Å². The molecule has 1 aromatic carbocycles. The summed E-state index contributed by atoms with van der Waals surface area (Å²) in [5.74, 6) is 0.903. The van der Waals surface area contributed by atoms with Gasteiger partial charge in [-0.1, -0.05) is 0 Å². The highest BCUT2D eigenvalue weighted by molar-refractivity contribution is 5.86. The van der Waals surface area contributed by atoms with E-state index in [2.05, 4.69) is 19.9 Å². The summed E-state index contributed by atoms with van der Waals surface area (Å²) >= 11 is 0. The van der Waals surface area contributed by atoms with Crippen molar-refractivity contribution in [2.75, 3.05) is 12.3 Å². The van der Waals surface area contributed by atoms with Crippen LogP contribution in [0.5, 0.6) is 5.75 Å². The molecule has 4 atom stereocenters. The Morgan fingerprint density at radius 3 is 2.72 bits per heavy atom. The van der Waals surface area contributed by atoms with Crippen LogP contribution in [0.2, 0.25) is 0 Å². The van der Waals surface area contributed by atoms with E-state index in [1.54, 1.807) is 47.4 Å². The fourth-order valence-corrected chi connectivity index (χ4v) is 3.50. The predicted octanol–water partition coefficient (Wildman–Crippen LogP) is 0.655. The van der Waals surface area contributed by atoms with Crippen molar-refractivity contribution in [3.63, 3.8) is 0 Å². The average molecular weight is 394 g/mol. The Labute approximate surface area is 164 Å². The minimum atomic E-state index is -1.15. The first kappa shape index (κ1) is 17.7. The molecule has 3 aromatic heterocycles. The summed E-state index contributed by atoms with van der Waals surface area (Å²) in [6, 6.07) is 7.08. The van der Waals surface area contributed by atoms with E-state index >= 15 is 0 Å². The molecule has 10 heteroatoms. The van der Waals surface area contributed by atoms with E-state index in [0.717, 1.165) is 5.52 Å². The fourth-order valence-electron chi connectivity index (χ4n) is 3.50. The molecule has 0 aliphatic carbocycles. The predicted molar refractivity (Wildman–Crippen MR) is 103 cm³/mol. The molecular formula is C19H18N6O4. The molecule has 0 saturated carbocycles. The number of aliphatic hydroxyl groups excluding tert-OH is 2. The van der Waals surface area contributed by atoms with Crippen LogP contribution in [0.3, 0.4) is 0 Å². The first-order chi connectivity index (χ1) is 14.1. The number of fused-ring (bicyclic) bond motifs is 2. The summed E-state index contributed by atoms with van der Waals surface area (Å²) in [6.07, 6.45) is 2.42. The molecule has 0 radical (unpaired) electrons. The monoisotopic (exact) mass is 394 g/mol. The lowest BCUT2D eigenvalue weighted by molar-refractivity contribution is -0.0471. The smallest absolute Gasteiger partial charge is 0.164 e. The van der Waals surface area contributed by atoms with Crippen molar-refractivity contribution in [2.24, 2.45) is 0 Å². The van der Waals surface area contributed by atoms with Crippen LogP contribution in [0.15, 0.2) is 49.2 Å². The number of aliphatic hydroxyl groups is 2. The molecule has 5 rings (SSSR count). The number of hydrogen-bond acceptors (Lipinski definition) is 9. The molecule has 4 N–H and O–H groups in total. The van der Waals surface area contributed by atoms with E-state index in [1.165, 1.54) is 6.33 Å². The summed E-state index contributed by atoms with van der Waals surface area (Å²) in [7, 11) is 0. The molecule has 0 spiro atoms. The van der Waals surface area contributed by atoms with Crippen molar-refractivity contribution in [1.82, 2.24) is 24.5 Å². The molecule has 29 heavy (non-hydrogen) atoms. The lowest BCUT2D eigenvalue weighted by Gasteiger charge is -2.17. The van der Waals surface area contributed by atoms with Crippen molar-refractivity contribution >= 4 is 27.9 Å². The first-order valence-electron chi connectivity index (χ1n) is 9.04. The van der Waals surface area contributed by atoms with Gasteiger partial charge in [-0.05, 0) is 18.2 Å². The van der Waals surface area contributed by atoms with Gasteiger partial charge in [0.1, 0.15) is 48.5 Å². The molecule has 4 heterocycles. The Bertz CT molecular complexity index is 1180. The van der Waals surface area contributed by atoms with Crippen LogP contribution in [0.25, 0.3) is 22.1 Å². The highest BCUT2D eigenvalue weighted by Gasteiger charge is 2.44. The minimum absolute atomic E-state index is 0.0524. The molecule has 0 unspecified atom stereocenters. The van der Waals surface area contributed by atoms with Crippen LogP contribution in [0.4, 0.5) is 5.82 Å².